The average Bonchev–Trinajstić information content (AvgIpc) is 3.33. The van der Waals surface area contributed by atoms with E-state index in [1.165, 1.54) is 7.11 Å². The number of methoxy groups -OCH3 is 1. The van der Waals surface area contributed by atoms with E-state index in [9.17, 15) is 19.8 Å². The van der Waals surface area contributed by atoms with Crippen molar-refractivity contribution in [3.63, 3.8) is 0 Å². The fourth-order valence-corrected chi connectivity index (χ4v) is 6.08. The van der Waals surface area contributed by atoms with Crippen LogP contribution in [0.3, 0.4) is 0 Å². The number of Topliss-reactive ketones (excluding diaryl/α,β-unsaturated/α-hetero) is 1. The largest absolute Gasteiger partial charge is 0.469 e. The molecule has 0 saturated heterocycles. The molecule has 34 heavy (non-hydrogen) atoms. The van der Waals surface area contributed by atoms with Crippen molar-refractivity contribution >= 4 is 44.8 Å². The normalized spacial score (nSPS) is 21.8. The molecule has 2 N–H and O–H groups in total. The molecule has 0 spiro atoms. The Morgan fingerprint density at radius 1 is 1.32 bits per heavy atom. The molecule has 1 fully saturated rings. The summed E-state index contributed by atoms with van der Waals surface area (Å²) in [6.45, 7) is -0.0480. The third kappa shape index (κ3) is 7.01. The molecule has 7 heteroatoms. The maximum atomic E-state index is 12.6. The standard InChI is InChI=1S/C27H33ClO5S/c1-33-26(32)11-5-3-2-4-8-21-20(18(17-29)16-23(21)31)14-12-19(30)13-15-25-27(28)22-9-6-7-10-24(22)34-25/h2,4,6-7,9-10,12,14,18-21,29-30H,3,5,8,11,13,15-17H2,1H3/b4-2-,14-12+/t18-,19?,20-,21+/m0/s1. The van der Waals surface area contributed by atoms with Gasteiger partial charge in [0.25, 0.3) is 0 Å². The summed E-state index contributed by atoms with van der Waals surface area (Å²) in [6.07, 6.45) is 11.0. The van der Waals surface area contributed by atoms with Crippen LogP contribution in [0.5, 0.6) is 0 Å². The lowest BCUT2D eigenvalue weighted by Gasteiger charge is -2.19. The Morgan fingerprint density at radius 3 is 2.85 bits per heavy atom. The number of benzene rings is 1. The molecule has 0 bridgehead atoms. The van der Waals surface area contributed by atoms with Crippen LogP contribution in [0.25, 0.3) is 10.1 Å². The van der Waals surface area contributed by atoms with Crippen LogP contribution in [0.15, 0.2) is 48.6 Å². The number of hydrogen-bond donors (Lipinski definition) is 2. The van der Waals surface area contributed by atoms with Gasteiger partial charge in [0.1, 0.15) is 5.78 Å². The number of thiophene rings is 1. The van der Waals surface area contributed by atoms with E-state index >= 15 is 0 Å². The molecule has 5 nitrogen and oxygen atoms in total. The zero-order chi connectivity index (χ0) is 24.5. The summed E-state index contributed by atoms with van der Waals surface area (Å²) in [6, 6.07) is 8.02. The third-order valence-electron chi connectivity index (χ3n) is 6.48. The van der Waals surface area contributed by atoms with Crippen LogP contribution in [0.1, 0.15) is 43.4 Å². The molecular weight excluding hydrogens is 472 g/mol. The Hall–Kier alpha value is -1.99. The lowest BCUT2D eigenvalue weighted by molar-refractivity contribution is -0.140. The molecule has 1 aromatic heterocycles. The highest BCUT2D eigenvalue weighted by Crippen LogP contribution is 2.38. The fourth-order valence-electron chi connectivity index (χ4n) is 4.54. The van der Waals surface area contributed by atoms with Crippen molar-refractivity contribution in [2.45, 2.75) is 51.0 Å². The van der Waals surface area contributed by atoms with Crippen LogP contribution in [-0.4, -0.2) is 41.8 Å². The smallest absolute Gasteiger partial charge is 0.305 e. The maximum absolute atomic E-state index is 12.6. The number of carbonyl (C=O) groups is 2. The topological polar surface area (TPSA) is 83.8 Å². The molecule has 1 aliphatic rings. The number of aryl methyl sites for hydroxylation is 1. The maximum Gasteiger partial charge on any atom is 0.305 e. The number of carbonyl (C=O) groups excluding carboxylic acids is 2. The molecule has 1 saturated carbocycles. The number of ether oxygens (including phenoxy) is 1. The van der Waals surface area contributed by atoms with Crippen molar-refractivity contribution < 1.29 is 24.5 Å². The third-order valence-corrected chi connectivity index (χ3v) is 8.25. The summed E-state index contributed by atoms with van der Waals surface area (Å²) in [7, 11) is 1.38. The molecule has 0 radical (unpaired) electrons. The molecule has 1 heterocycles. The van der Waals surface area contributed by atoms with Gasteiger partial charge in [0.05, 0.1) is 18.2 Å². The van der Waals surface area contributed by atoms with Crippen molar-refractivity contribution in [1.82, 2.24) is 0 Å². The monoisotopic (exact) mass is 504 g/mol. The molecule has 1 aromatic carbocycles. The Labute approximate surface area is 210 Å². The van der Waals surface area contributed by atoms with Gasteiger partial charge in [-0.2, -0.15) is 0 Å². The highest BCUT2D eigenvalue weighted by molar-refractivity contribution is 7.19. The number of unbranched alkanes of at least 4 members (excludes halogenated alkanes) is 1. The fraction of sp³-hybridized carbons (Fsp3) is 0.481. The van der Waals surface area contributed by atoms with E-state index in [-0.39, 0.29) is 36.1 Å². The first-order valence-corrected chi connectivity index (χ1v) is 13.0. The van der Waals surface area contributed by atoms with E-state index in [4.69, 9.17) is 11.6 Å². The van der Waals surface area contributed by atoms with Crippen molar-refractivity contribution in [2.75, 3.05) is 13.7 Å². The summed E-state index contributed by atoms with van der Waals surface area (Å²) in [5, 5.41) is 22.2. The summed E-state index contributed by atoms with van der Waals surface area (Å²) in [5.41, 5.74) is 0. The lowest BCUT2D eigenvalue weighted by atomic mass is 9.86. The highest BCUT2D eigenvalue weighted by atomic mass is 35.5. The molecule has 0 amide bonds. The van der Waals surface area contributed by atoms with Gasteiger partial charge in [0.2, 0.25) is 0 Å². The Morgan fingerprint density at radius 2 is 2.12 bits per heavy atom. The van der Waals surface area contributed by atoms with Crippen LogP contribution >= 0.6 is 22.9 Å². The zero-order valence-corrected chi connectivity index (χ0v) is 21.1. The van der Waals surface area contributed by atoms with Gasteiger partial charge < -0.3 is 14.9 Å². The highest BCUT2D eigenvalue weighted by Gasteiger charge is 2.39. The predicted molar refractivity (Wildman–Crippen MR) is 137 cm³/mol. The molecule has 4 atom stereocenters. The number of rotatable bonds is 12. The first kappa shape index (κ1) is 26.6. The van der Waals surface area contributed by atoms with Gasteiger partial charge >= 0.3 is 5.97 Å². The second-order valence-corrected chi connectivity index (χ2v) is 10.3. The van der Waals surface area contributed by atoms with Crippen molar-refractivity contribution in [3.8, 4) is 0 Å². The van der Waals surface area contributed by atoms with Crippen LogP contribution in [0.4, 0.5) is 0 Å². The van der Waals surface area contributed by atoms with Crippen molar-refractivity contribution in [2.24, 2.45) is 17.8 Å². The summed E-state index contributed by atoms with van der Waals surface area (Å²) in [4.78, 5) is 24.8. The van der Waals surface area contributed by atoms with Gasteiger partial charge in [-0.3, -0.25) is 9.59 Å². The molecule has 0 aliphatic heterocycles. The minimum absolute atomic E-state index is 0.0480. The Kier molecular flexibility index (Phi) is 10.3. The minimum Gasteiger partial charge on any atom is -0.469 e. The van der Waals surface area contributed by atoms with Gasteiger partial charge in [0.15, 0.2) is 0 Å². The number of ketones is 1. The van der Waals surface area contributed by atoms with Crippen LogP contribution in [0.2, 0.25) is 5.02 Å². The van der Waals surface area contributed by atoms with Crippen molar-refractivity contribution in [1.29, 1.82) is 0 Å². The predicted octanol–water partition coefficient (Wildman–Crippen LogP) is 5.51. The number of halogens is 1. The molecule has 1 unspecified atom stereocenters. The molecule has 3 rings (SSSR count). The van der Waals surface area contributed by atoms with Crippen molar-refractivity contribution in [3.05, 3.63) is 58.5 Å². The van der Waals surface area contributed by atoms with Gasteiger partial charge in [-0.25, -0.2) is 0 Å². The van der Waals surface area contributed by atoms with Gasteiger partial charge in [-0.1, -0.05) is 54.1 Å². The van der Waals surface area contributed by atoms with E-state index in [1.54, 1.807) is 17.4 Å². The first-order chi connectivity index (χ1) is 16.4. The molecular formula is C27H33ClO5S. The average molecular weight is 505 g/mol. The van der Waals surface area contributed by atoms with E-state index < -0.39 is 6.10 Å². The zero-order valence-electron chi connectivity index (χ0n) is 19.5. The number of hydrogen-bond acceptors (Lipinski definition) is 6. The SMILES string of the molecule is COC(=O)CCC/C=C\C[C@H]1C(=O)C[C@@H](CO)[C@@H]1/C=C/C(O)CCc1sc2ccccc2c1Cl. The quantitative estimate of drug-likeness (QED) is 0.226. The van der Waals surface area contributed by atoms with Crippen LogP contribution in [0, 0.1) is 17.8 Å². The molecule has 184 valence electrons. The van der Waals surface area contributed by atoms with Crippen LogP contribution in [-0.2, 0) is 20.7 Å². The lowest BCUT2D eigenvalue weighted by Crippen LogP contribution is -2.18. The number of allylic oxidation sites excluding steroid dienone is 3. The summed E-state index contributed by atoms with van der Waals surface area (Å²) in [5.74, 6) is -0.483. The molecule has 2 aromatic rings. The second-order valence-electron chi connectivity index (χ2n) is 8.80. The number of fused-ring (bicyclic) bond motifs is 1. The molecule has 1 aliphatic carbocycles. The van der Waals surface area contributed by atoms with E-state index in [2.05, 4.69) is 4.74 Å². The van der Waals surface area contributed by atoms with Gasteiger partial charge in [-0.05, 0) is 50.0 Å². The Bertz CT molecular complexity index is 1030. The number of aliphatic hydroxyl groups excluding tert-OH is 2. The number of aliphatic hydroxyl groups is 2. The first-order valence-electron chi connectivity index (χ1n) is 11.8. The summed E-state index contributed by atoms with van der Waals surface area (Å²) < 4.78 is 5.78. The van der Waals surface area contributed by atoms with E-state index in [0.717, 1.165) is 26.4 Å². The van der Waals surface area contributed by atoms with Gasteiger partial charge in [-0.15, -0.1) is 11.3 Å². The van der Waals surface area contributed by atoms with E-state index in [0.29, 0.717) is 38.5 Å². The minimum atomic E-state index is -0.647. The van der Waals surface area contributed by atoms with E-state index in [1.807, 2.05) is 42.5 Å². The second kappa shape index (κ2) is 13.2. The number of esters is 1. The van der Waals surface area contributed by atoms with Gasteiger partial charge in [0, 0.05) is 40.3 Å². The summed E-state index contributed by atoms with van der Waals surface area (Å²) >= 11 is 8.17. The Balaban J connectivity index is 1.54. The van der Waals surface area contributed by atoms with Crippen LogP contribution < -0.4 is 0 Å².